The maximum atomic E-state index is 6.47. The molecule has 0 amide bonds. The Bertz CT molecular complexity index is 3510. The van der Waals surface area contributed by atoms with Crippen molar-refractivity contribution in [3.8, 4) is 50.2 Å². The van der Waals surface area contributed by atoms with Crippen molar-refractivity contribution in [1.82, 2.24) is 4.57 Å². The van der Waals surface area contributed by atoms with Crippen molar-refractivity contribution < 1.29 is 4.42 Å². The summed E-state index contributed by atoms with van der Waals surface area (Å²) in [6.45, 7) is 0. The van der Waals surface area contributed by atoms with E-state index < -0.39 is 0 Å². The number of benzene rings is 10. The van der Waals surface area contributed by atoms with Crippen LogP contribution in [0.3, 0.4) is 0 Å². The normalized spacial score (nSPS) is 11.5. The Hall–Kier alpha value is -8.40. The van der Waals surface area contributed by atoms with Crippen LogP contribution < -0.4 is 4.90 Å². The molecule has 0 N–H and O–H groups in total. The second kappa shape index (κ2) is 15.3. The molecule has 0 aliphatic heterocycles. The van der Waals surface area contributed by atoms with Gasteiger partial charge in [0, 0.05) is 33.1 Å². The lowest BCUT2D eigenvalue weighted by molar-refractivity contribution is 0.669. The van der Waals surface area contributed by atoms with Crippen LogP contribution in [0.25, 0.3) is 93.9 Å². The number of furan rings is 1. The lowest BCUT2D eigenvalue weighted by Gasteiger charge is -2.29. The Morgan fingerprint density at radius 2 is 0.810 bits per heavy atom. The van der Waals surface area contributed by atoms with Gasteiger partial charge in [-0.25, -0.2) is 0 Å². The van der Waals surface area contributed by atoms with Crippen molar-refractivity contribution in [3.63, 3.8) is 0 Å². The highest BCUT2D eigenvalue weighted by molar-refractivity contribution is 6.14. The predicted octanol–water partition coefficient (Wildman–Crippen LogP) is 16.8. The molecule has 0 saturated heterocycles. The van der Waals surface area contributed by atoms with Gasteiger partial charge in [-0.1, -0.05) is 170 Å². The quantitative estimate of drug-likeness (QED) is 0.153. The lowest BCUT2D eigenvalue weighted by atomic mass is 9.99. The first-order valence-corrected chi connectivity index (χ1v) is 21.5. The fourth-order valence-corrected chi connectivity index (χ4v) is 9.43. The van der Waals surface area contributed by atoms with E-state index in [-0.39, 0.29) is 0 Å². The number of rotatable bonds is 8. The summed E-state index contributed by atoms with van der Waals surface area (Å²) in [4.78, 5) is 2.40. The lowest BCUT2D eigenvalue weighted by Crippen LogP contribution is -2.11. The smallest absolute Gasteiger partial charge is 0.137 e. The number of anilines is 3. The third-order valence-corrected chi connectivity index (χ3v) is 12.4. The van der Waals surface area contributed by atoms with E-state index in [0.717, 1.165) is 55.8 Å². The van der Waals surface area contributed by atoms with Crippen molar-refractivity contribution in [2.24, 2.45) is 0 Å². The van der Waals surface area contributed by atoms with E-state index in [1.807, 2.05) is 6.07 Å². The van der Waals surface area contributed by atoms with Gasteiger partial charge >= 0.3 is 0 Å². The Balaban J connectivity index is 1.05. The zero-order chi connectivity index (χ0) is 41.7. The van der Waals surface area contributed by atoms with E-state index in [4.69, 9.17) is 4.42 Å². The molecule has 0 atom stereocenters. The van der Waals surface area contributed by atoms with Crippen LogP contribution in [-0.2, 0) is 0 Å². The molecule has 3 heteroatoms. The molecule has 0 bridgehead atoms. The van der Waals surface area contributed by atoms with Gasteiger partial charge < -0.3 is 13.9 Å². The number of fused-ring (bicyclic) bond motifs is 6. The number of para-hydroxylation sites is 2. The van der Waals surface area contributed by atoms with Gasteiger partial charge in [-0.15, -0.1) is 0 Å². The van der Waals surface area contributed by atoms with Gasteiger partial charge in [-0.3, -0.25) is 0 Å². The van der Waals surface area contributed by atoms with Crippen LogP contribution in [0.4, 0.5) is 17.1 Å². The van der Waals surface area contributed by atoms with E-state index in [1.54, 1.807) is 0 Å². The first kappa shape index (κ1) is 36.5. The van der Waals surface area contributed by atoms with Gasteiger partial charge in [-0.05, 0) is 112 Å². The molecule has 3 nitrogen and oxygen atoms in total. The minimum absolute atomic E-state index is 0.858. The molecule has 0 radical (unpaired) electrons. The van der Waals surface area contributed by atoms with Crippen LogP contribution in [0.1, 0.15) is 0 Å². The molecule has 12 aromatic rings. The molecular formula is C60H40N2O. The molecule has 0 unspecified atom stereocenters. The van der Waals surface area contributed by atoms with Crippen LogP contribution in [0.2, 0.25) is 0 Å². The van der Waals surface area contributed by atoms with Crippen LogP contribution in [0.5, 0.6) is 0 Å². The third-order valence-electron chi connectivity index (χ3n) is 12.4. The molecular weight excluding hydrogens is 765 g/mol. The first-order chi connectivity index (χ1) is 31.2. The predicted molar refractivity (Wildman–Crippen MR) is 264 cm³/mol. The second-order valence-electron chi connectivity index (χ2n) is 16.1. The third kappa shape index (κ3) is 6.38. The average Bonchev–Trinajstić information content (AvgIpc) is 3.91. The van der Waals surface area contributed by atoms with Gasteiger partial charge in [0.25, 0.3) is 0 Å². The summed E-state index contributed by atoms with van der Waals surface area (Å²) in [5, 5.41) is 4.62. The summed E-state index contributed by atoms with van der Waals surface area (Å²) in [7, 11) is 0. The van der Waals surface area contributed by atoms with Crippen molar-refractivity contribution in [2.75, 3.05) is 4.90 Å². The average molecular weight is 805 g/mol. The Kier molecular flexibility index (Phi) is 8.83. The van der Waals surface area contributed by atoms with Gasteiger partial charge in [0.1, 0.15) is 11.2 Å². The van der Waals surface area contributed by atoms with E-state index >= 15 is 0 Å². The molecule has 0 aliphatic carbocycles. The molecule has 0 aliphatic rings. The molecule has 0 saturated carbocycles. The summed E-state index contributed by atoms with van der Waals surface area (Å²) in [6.07, 6.45) is 0. The molecule has 0 spiro atoms. The van der Waals surface area contributed by atoms with Gasteiger partial charge in [0.05, 0.1) is 27.8 Å². The SMILES string of the molecule is c1ccc(-c2ccc(N(c3ccccc3-c3cccc(-n4c5ccc(-c6ccccc6)cc5c5cc(-c6ccccc6)ccc54)c3)c3cccc4oc5ccccc5c34)cc2)cc1. The largest absolute Gasteiger partial charge is 0.456 e. The zero-order valence-electron chi connectivity index (χ0n) is 34.4. The molecule has 63 heavy (non-hydrogen) atoms. The zero-order valence-corrected chi connectivity index (χ0v) is 34.4. The number of aromatic nitrogens is 1. The first-order valence-electron chi connectivity index (χ1n) is 21.5. The van der Waals surface area contributed by atoms with Gasteiger partial charge in [0.2, 0.25) is 0 Å². The Morgan fingerprint density at radius 3 is 1.48 bits per heavy atom. The van der Waals surface area contributed by atoms with Crippen LogP contribution >= 0.6 is 0 Å². The fourth-order valence-electron chi connectivity index (χ4n) is 9.43. The van der Waals surface area contributed by atoms with Gasteiger partial charge in [-0.2, -0.15) is 0 Å². The van der Waals surface area contributed by atoms with Crippen LogP contribution in [-0.4, -0.2) is 4.57 Å². The van der Waals surface area contributed by atoms with Crippen molar-refractivity contribution >= 4 is 60.8 Å². The van der Waals surface area contributed by atoms with Crippen LogP contribution in [0, 0.1) is 0 Å². The highest BCUT2D eigenvalue weighted by Crippen LogP contribution is 2.47. The highest BCUT2D eigenvalue weighted by Gasteiger charge is 2.23. The summed E-state index contributed by atoms with van der Waals surface area (Å²) in [5.41, 5.74) is 17.8. The van der Waals surface area contributed by atoms with E-state index in [2.05, 4.69) is 246 Å². The van der Waals surface area contributed by atoms with Gasteiger partial charge in [0.15, 0.2) is 0 Å². The van der Waals surface area contributed by atoms with Crippen molar-refractivity contribution in [1.29, 1.82) is 0 Å². The second-order valence-corrected chi connectivity index (χ2v) is 16.1. The monoisotopic (exact) mass is 804 g/mol. The summed E-state index contributed by atoms with van der Waals surface area (Å²) in [5.74, 6) is 0. The minimum Gasteiger partial charge on any atom is -0.456 e. The molecule has 12 rings (SSSR count). The molecule has 296 valence electrons. The minimum atomic E-state index is 0.858. The maximum absolute atomic E-state index is 6.47. The standard InChI is InChI=1S/C60H40N2O/c1-4-16-41(17-5-1)44-30-34-48(35-31-44)61(57-27-15-29-59-60(57)51-25-11-13-28-58(51)63-59)54-26-12-10-24-50(54)47-22-14-23-49(38-47)62-55-36-32-45(42-18-6-2-7-19-42)39-52(55)53-40-46(33-37-56(53)62)43-20-8-3-9-21-43/h1-40H. The van der Waals surface area contributed by atoms with Crippen LogP contribution in [0.15, 0.2) is 247 Å². The topological polar surface area (TPSA) is 21.3 Å². The molecule has 10 aromatic carbocycles. The summed E-state index contributed by atoms with van der Waals surface area (Å²) >= 11 is 0. The molecule has 2 aromatic heterocycles. The fraction of sp³-hybridized carbons (Fsp3) is 0. The summed E-state index contributed by atoms with van der Waals surface area (Å²) in [6, 6.07) is 87.2. The van der Waals surface area contributed by atoms with E-state index in [9.17, 15) is 0 Å². The highest BCUT2D eigenvalue weighted by atomic mass is 16.3. The van der Waals surface area contributed by atoms with Crippen molar-refractivity contribution in [2.45, 2.75) is 0 Å². The molecule has 2 heterocycles. The molecule has 0 fully saturated rings. The van der Waals surface area contributed by atoms with E-state index in [1.165, 1.54) is 55.2 Å². The maximum Gasteiger partial charge on any atom is 0.137 e. The Morgan fingerprint density at radius 1 is 0.317 bits per heavy atom. The number of hydrogen-bond donors (Lipinski definition) is 0. The Labute approximate surface area is 366 Å². The number of nitrogens with zero attached hydrogens (tertiary/aromatic N) is 2. The van der Waals surface area contributed by atoms with Crippen molar-refractivity contribution in [3.05, 3.63) is 243 Å². The van der Waals surface area contributed by atoms with E-state index in [0.29, 0.717) is 0 Å². The summed E-state index contributed by atoms with van der Waals surface area (Å²) < 4.78 is 8.90. The number of hydrogen-bond acceptors (Lipinski definition) is 2.